The van der Waals surface area contributed by atoms with Gasteiger partial charge in [-0.2, -0.15) is 13.2 Å². The Balaban J connectivity index is 1.75. The summed E-state index contributed by atoms with van der Waals surface area (Å²) in [7, 11) is 0. The maximum absolute atomic E-state index is 13.4. The number of likely N-dealkylation sites (tertiary alicyclic amines) is 1. The molecule has 1 aliphatic heterocycles. The molecule has 142 valence electrons. The Hall–Kier alpha value is -2.65. The molecule has 1 aromatic carbocycles. The van der Waals surface area contributed by atoms with Gasteiger partial charge in [-0.05, 0) is 6.07 Å². The highest BCUT2D eigenvalue weighted by Gasteiger charge is 2.41. The van der Waals surface area contributed by atoms with E-state index in [1.165, 1.54) is 18.2 Å². The Morgan fingerprint density at radius 3 is 2.62 bits per heavy atom. The van der Waals surface area contributed by atoms with Crippen molar-refractivity contribution in [2.24, 2.45) is 5.92 Å². The molecule has 1 saturated heterocycles. The number of carbonyl (C=O) groups excluding carboxylic acids is 3. The smallest absolute Gasteiger partial charge is 0.406 e. The molecule has 0 saturated carbocycles. The summed E-state index contributed by atoms with van der Waals surface area (Å²) in [5.74, 6) is -3.97. The van der Waals surface area contributed by atoms with E-state index in [4.69, 9.17) is 4.74 Å². The molecule has 1 heterocycles. The highest BCUT2D eigenvalue weighted by atomic mass is 19.4. The summed E-state index contributed by atoms with van der Waals surface area (Å²) in [6.07, 6.45) is -4.95. The van der Waals surface area contributed by atoms with Crippen molar-refractivity contribution in [2.45, 2.75) is 19.1 Å². The summed E-state index contributed by atoms with van der Waals surface area (Å²) < 4.78 is 55.1. The van der Waals surface area contributed by atoms with Crippen LogP contribution in [0.3, 0.4) is 0 Å². The molecule has 0 aliphatic carbocycles. The second-order valence-electron chi connectivity index (χ2n) is 5.77. The predicted molar refractivity (Wildman–Crippen MR) is 79.9 cm³/mol. The standard InChI is InChI=1S/C16H16F4N2O4/c17-12-4-2-1-3-10(12)6-21-13(23)8-26-15(25)11-5-14(24)22(7-11)9-16(18,19)20/h1-4,11H,5-9H2,(H,21,23)/t11-/m0/s1. The third-order valence-electron chi connectivity index (χ3n) is 3.70. The van der Waals surface area contributed by atoms with E-state index in [0.29, 0.717) is 4.90 Å². The highest BCUT2D eigenvalue weighted by Crippen LogP contribution is 2.24. The third kappa shape index (κ3) is 5.71. The van der Waals surface area contributed by atoms with Gasteiger partial charge in [0.15, 0.2) is 6.61 Å². The maximum atomic E-state index is 13.4. The van der Waals surface area contributed by atoms with Gasteiger partial charge in [0.05, 0.1) is 5.92 Å². The molecular weight excluding hydrogens is 360 g/mol. The predicted octanol–water partition coefficient (Wildman–Crippen LogP) is 1.40. The van der Waals surface area contributed by atoms with E-state index in [0.717, 1.165) is 0 Å². The van der Waals surface area contributed by atoms with Crippen molar-refractivity contribution in [1.82, 2.24) is 10.2 Å². The molecule has 26 heavy (non-hydrogen) atoms. The number of ether oxygens (including phenoxy) is 1. The fraction of sp³-hybridized carbons (Fsp3) is 0.438. The van der Waals surface area contributed by atoms with Gasteiger partial charge in [0.1, 0.15) is 12.4 Å². The zero-order valence-corrected chi connectivity index (χ0v) is 13.5. The summed E-state index contributed by atoms with van der Waals surface area (Å²) in [6, 6.07) is 5.79. The van der Waals surface area contributed by atoms with Gasteiger partial charge < -0.3 is 15.0 Å². The molecule has 6 nitrogen and oxygen atoms in total. The van der Waals surface area contributed by atoms with Crippen LogP contribution in [-0.2, 0) is 25.7 Å². The molecule has 0 radical (unpaired) electrons. The first-order valence-electron chi connectivity index (χ1n) is 7.67. The summed E-state index contributed by atoms with van der Waals surface area (Å²) in [5.41, 5.74) is 0.247. The second kappa shape index (κ2) is 8.15. The lowest BCUT2D eigenvalue weighted by Gasteiger charge is -2.18. The minimum Gasteiger partial charge on any atom is -0.455 e. The van der Waals surface area contributed by atoms with Crippen LogP contribution in [0, 0.1) is 11.7 Å². The fourth-order valence-electron chi connectivity index (χ4n) is 2.44. The minimum absolute atomic E-state index is 0.107. The van der Waals surface area contributed by atoms with Gasteiger partial charge in [0.25, 0.3) is 5.91 Å². The van der Waals surface area contributed by atoms with Crippen LogP contribution in [0.5, 0.6) is 0 Å². The summed E-state index contributed by atoms with van der Waals surface area (Å²) >= 11 is 0. The van der Waals surface area contributed by atoms with Crippen molar-refractivity contribution in [2.75, 3.05) is 19.7 Å². The number of amides is 2. The summed E-state index contributed by atoms with van der Waals surface area (Å²) in [5, 5.41) is 2.35. The molecule has 0 aromatic heterocycles. The van der Waals surface area contributed by atoms with Gasteiger partial charge in [0, 0.05) is 25.1 Å². The van der Waals surface area contributed by atoms with Crippen molar-refractivity contribution in [3.05, 3.63) is 35.6 Å². The number of carbonyl (C=O) groups is 3. The number of hydrogen-bond donors (Lipinski definition) is 1. The minimum atomic E-state index is -4.55. The van der Waals surface area contributed by atoms with E-state index in [9.17, 15) is 31.9 Å². The van der Waals surface area contributed by atoms with Gasteiger partial charge >= 0.3 is 12.1 Å². The lowest BCUT2D eigenvalue weighted by atomic mass is 10.1. The average molecular weight is 376 g/mol. The number of nitrogens with zero attached hydrogens (tertiary/aromatic N) is 1. The lowest BCUT2D eigenvalue weighted by Crippen LogP contribution is -2.36. The molecule has 1 fully saturated rings. The number of hydrogen-bond acceptors (Lipinski definition) is 4. The number of nitrogens with one attached hydrogen (secondary N) is 1. The first kappa shape index (κ1) is 19.7. The molecule has 10 heteroatoms. The molecule has 1 aliphatic rings. The number of benzene rings is 1. The van der Waals surface area contributed by atoms with E-state index in [1.54, 1.807) is 6.07 Å². The average Bonchev–Trinajstić information content (AvgIpc) is 2.91. The lowest BCUT2D eigenvalue weighted by molar-refractivity contribution is -0.158. The Kier molecular flexibility index (Phi) is 6.17. The first-order chi connectivity index (χ1) is 12.2. The normalized spacial score (nSPS) is 17.3. The quantitative estimate of drug-likeness (QED) is 0.602. The van der Waals surface area contributed by atoms with E-state index in [-0.39, 0.29) is 12.1 Å². The summed E-state index contributed by atoms with van der Waals surface area (Å²) in [4.78, 5) is 35.5. The van der Waals surface area contributed by atoms with Gasteiger partial charge in [-0.25, -0.2) is 4.39 Å². The van der Waals surface area contributed by atoms with E-state index in [2.05, 4.69) is 5.32 Å². The third-order valence-corrected chi connectivity index (χ3v) is 3.70. The maximum Gasteiger partial charge on any atom is 0.406 e. The SMILES string of the molecule is O=C(COC(=O)[C@H]1CC(=O)N(CC(F)(F)F)C1)NCc1ccccc1F. The van der Waals surface area contributed by atoms with Crippen molar-refractivity contribution in [3.63, 3.8) is 0 Å². The van der Waals surface area contributed by atoms with Gasteiger partial charge in [-0.3, -0.25) is 14.4 Å². The molecule has 1 atom stereocenters. The van der Waals surface area contributed by atoms with Crippen LogP contribution >= 0.6 is 0 Å². The van der Waals surface area contributed by atoms with E-state index >= 15 is 0 Å². The van der Waals surface area contributed by atoms with Crippen LogP contribution in [0.2, 0.25) is 0 Å². The molecule has 0 unspecified atom stereocenters. The van der Waals surface area contributed by atoms with Crippen molar-refractivity contribution in [3.8, 4) is 0 Å². The van der Waals surface area contributed by atoms with Crippen molar-refractivity contribution in [1.29, 1.82) is 0 Å². The molecular formula is C16H16F4N2O4. The zero-order valence-electron chi connectivity index (χ0n) is 13.5. The monoisotopic (exact) mass is 376 g/mol. The van der Waals surface area contributed by atoms with Gasteiger partial charge in [-0.1, -0.05) is 18.2 Å². The van der Waals surface area contributed by atoms with E-state index in [1.807, 2.05) is 0 Å². The number of alkyl halides is 3. The van der Waals surface area contributed by atoms with E-state index < -0.39 is 61.8 Å². The topological polar surface area (TPSA) is 75.7 Å². The van der Waals surface area contributed by atoms with Crippen LogP contribution in [-0.4, -0.2) is 48.6 Å². The Labute approximate surface area is 146 Å². The van der Waals surface area contributed by atoms with Crippen LogP contribution in [0.15, 0.2) is 24.3 Å². The first-order valence-corrected chi connectivity index (χ1v) is 7.67. The number of esters is 1. The Bertz CT molecular complexity index is 693. The van der Waals surface area contributed by atoms with Crippen LogP contribution in [0.1, 0.15) is 12.0 Å². The van der Waals surface area contributed by atoms with Crippen molar-refractivity contribution >= 4 is 17.8 Å². The van der Waals surface area contributed by atoms with Gasteiger partial charge in [-0.15, -0.1) is 0 Å². The Morgan fingerprint density at radius 2 is 1.96 bits per heavy atom. The van der Waals surface area contributed by atoms with Crippen LogP contribution < -0.4 is 5.32 Å². The molecule has 0 spiro atoms. The van der Waals surface area contributed by atoms with Crippen LogP contribution in [0.4, 0.5) is 17.6 Å². The second-order valence-corrected chi connectivity index (χ2v) is 5.77. The number of rotatable bonds is 6. The molecule has 2 rings (SSSR count). The number of halogens is 4. The molecule has 1 aromatic rings. The van der Waals surface area contributed by atoms with Crippen LogP contribution in [0.25, 0.3) is 0 Å². The summed E-state index contributed by atoms with van der Waals surface area (Å²) in [6.45, 7) is -2.62. The highest BCUT2D eigenvalue weighted by molar-refractivity contribution is 5.88. The zero-order chi connectivity index (χ0) is 19.3. The fourth-order valence-corrected chi connectivity index (χ4v) is 2.44. The van der Waals surface area contributed by atoms with Gasteiger partial charge in [0.2, 0.25) is 5.91 Å². The largest absolute Gasteiger partial charge is 0.455 e. The molecule has 1 N–H and O–H groups in total. The molecule has 2 amide bonds. The Morgan fingerprint density at radius 1 is 1.27 bits per heavy atom. The molecule has 0 bridgehead atoms. The van der Waals surface area contributed by atoms with Crippen molar-refractivity contribution < 1.29 is 36.7 Å².